The van der Waals surface area contributed by atoms with Crippen LogP contribution in [-0.4, -0.2) is 51.5 Å². The Balaban J connectivity index is 0.00000242. The van der Waals surface area contributed by atoms with Crippen LogP contribution in [0.1, 0.15) is 38.1 Å². The van der Waals surface area contributed by atoms with E-state index in [-0.39, 0.29) is 24.4 Å². The third-order valence-electron chi connectivity index (χ3n) is 4.12. The number of piperidine rings is 1. The number of likely N-dealkylation sites (tertiary alicyclic amines) is 1. The second kappa shape index (κ2) is 9.43. The number of imidazole rings is 1. The number of halogens is 1. The van der Waals surface area contributed by atoms with Gasteiger partial charge in [0.05, 0.1) is 12.1 Å². The molecule has 7 heteroatoms. The summed E-state index contributed by atoms with van der Waals surface area (Å²) < 4.78 is 2.23. The molecule has 1 aliphatic rings. The van der Waals surface area contributed by atoms with Gasteiger partial charge < -0.3 is 15.2 Å². The summed E-state index contributed by atoms with van der Waals surface area (Å²) in [7, 11) is 0. The van der Waals surface area contributed by atoms with Gasteiger partial charge in [-0.3, -0.25) is 4.79 Å². The molecule has 0 radical (unpaired) electrons. The fourth-order valence-corrected chi connectivity index (χ4v) is 3.42. The SMILES string of the molecule is CCc1nccn1C1CCCN(C(=O)[C@@H](N)CCSC)C1.Cl. The monoisotopic (exact) mass is 346 g/mol. The first-order chi connectivity index (χ1) is 10.2. The minimum absolute atomic E-state index is 0. The fourth-order valence-electron chi connectivity index (χ4n) is 2.93. The van der Waals surface area contributed by atoms with Crippen molar-refractivity contribution in [3.8, 4) is 0 Å². The topological polar surface area (TPSA) is 64.2 Å². The number of hydrogen-bond donors (Lipinski definition) is 1. The number of aryl methyl sites for hydroxylation is 1. The summed E-state index contributed by atoms with van der Waals surface area (Å²) in [5.74, 6) is 2.14. The first-order valence-electron chi connectivity index (χ1n) is 7.72. The van der Waals surface area contributed by atoms with E-state index in [1.807, 2.05) is 23.5 Å². The molecule has 22 heavy (non-hydrogen) atoms. The number of hydrogen-bond acceptors (Lipinski definition) is 4. The minimum Gasteiger partial charge on any atom is -0.339 e. The molecule has 2 heterocycles. The molecule has 0 spiro atoms. The molecule has 0 saturated carbocycles. The lowest BCUT2D eigenvalue weighted by molar-refractivity contribution is -0.134. The second-order valence-corrected chi connectivity index (χ2v) is 6.56. The van der Waals surface area contributed by atoms with Crippen molar-refractivity contribution in [2.45, 2.75) is 44.7 Å². The van der Waals surface area contributed by atoms with Gasteiger partial charge in [0, 0.05) is 31.9 Å². The van der Waals surface area contributed by atoms with Crippen molar-refractivity contribution in [3.05, 3.63) is 18.2 Å². The molecule has 2 rings (SSSR count). The first-order valence-corrected chi connectivity index (χ1v) is 9.11. The molecule has 5 nitrogen and oxygen atoms in total. The Hall–Kier alpha value is -0.720. The van der Waals surface area contributed by atoms with Crippen molar-refractivity contribution in [2.24, 2.45) is 5.73 Å². The van der Waals surface area contributed by atoms with Gasteiger partial charge in [-0.15, -0.1) is 12.4 Å². The highest BCUT2D eigenvalue weighted by Gasteiger charge is 2.28. The van der Waals surface area contributed by atoms with E-state index < -0.39 is 0 Å². The Morgan fingerprint density at radius 1 is 1.59 bits per heavy atom. The smallest absolute Gasteiger partial charge is 0.239 e. The van der Waals surface area contributed by atoms with Crippen molar-refractivity contribution in [1.29, 1.82) is 0 Å². The van der Waals surface area contributed by atoms with Crippen molar-refractivity contribution in [1.82, 2.24) is 14.5 Å². The third kappa shape index (κ3) is 4.64. The third-order valence-corrected chi connectivity index (χ3v) is 4.76. The van der Waals surface area contributed by atoms with Gasteiger partial charge in [-0.2, -0.15) is 11.8 Å². The zero-order chi connectivity index (χ0) is 15.2. The zero-order valence-electron chi connectivity index (χ0n) is 13.4. The second-order valence-electron chi connectivity index (χ2n) is 5.57. The largest absolute Gasteiger partial charge is 0.339 e. The summed E-state index contributed by atoms with van der Waals surface area (Å²) in [4.78, 5) is 18.8. The molecule has 1 aromatic rings. The van der Waals surface area contributed by atoms with Gasteiger partial charge in [0.2, 0.25) is 5.91 Å². The number of nitrogens with two attached hydrogens (primary N) is 1. The van der Waals surface area contributed by atoms with Crippen molar-refractivity contribution < 1.29 is 4.79 Å². The van der Waals surface area contributed by atoms with Crippen LogP contribution in [0.2, 0.25) is 0 Å². The lowest BCUT2D eigenvalue weighted by Gasteiger charge is -2.35. The Kier molecular flexibility index (Phi) is 8.28. The predicted molar refractivity (Wildman–Crippen MR) is 94.7 cm³/mol. The van der Waals surface area contributed by atoms with Crippen LogP contribution >= 0.6 is 24.2 Å². The summed E-state index contributed by atoms with van der Waals surface area (Å²) in [5, 5.41) is 0. The highest BCUT2D eigenvalue weighted by Crippen LogP contribution is 2.23. The highest BCUT2D eigenvalue weighted by molar-refractivity contribution is 7.98. The maximum absolute atomic E-state index is 12.4. The zero-order valence-corrected chi connectivity index (χ0v) is 15.0. The van der Waals surface area contributed by atoms with E-state index in [0.717, 1.165) is 50.4 Å². The summed E-state index contributed by atoms with van der Waals surface area (Å²) >= 11 is 1.73. The van der Waals surface area contributed by atoms with Gasteiger partial charge in [0.15, 0.2) is 0 Å². The Labute approximate surface area is 143 Å². The fraction of sp³-hybridized carbons (Fsp3) is 0.733. The summed E-state index contributed by atoms with van der Waals surface area (Å²) in [5.41, 5.74) is 6.03. The maximum Gasteiger partial charge on any atom is 0.239 e. The van der Waals surface area contributed by atoms with Crippen molar-refractivity contribution in [2.75, 3.05) is 25.1 Å². The van der Waals surface area contributed by atoms with Gasteiger partial charge in [0.25, 0.3) is 0 Å². The Morgan fingerprint density at radius 2 is 2.36 bits per heavy atom. The normalized spacial score (nSPS) is 19.6. The van der Waals surface area contributed by atoms with E-state index in [9.17, 15) is 4.79 Å². The number of nitrogens with zero attached hydrogens (tertiary/aromatic N) is 3. The number of carbonyl (C=O) groups is 1. The van der Waals surface area contributed by atoms with Crippen LogP contribution in [0.3, 0.4) is 0 Å². The number of thioether (sulfide) groups is 1. The molecule has 126 valence electrons. The summed E-state index contributed by atoms with van der Waals surface area (Å²) in [6.07, 6.45) is 9.74. The molecule has 0 aromatic carbocycles. The van der Waals surface area contributed by atoms with Crippen LogP contribution in [0, 0.1) is 0 Å². The van der Waals surface area contributed by atoms with E-state index in [0.29, 0.717) is 6.04 Å². The average molecular weight is 347 g/mol. The molecule has 1 unspecified atom stereocenters. The summed E-state index contributed by atoms with van der Waals surface area (Å²) in [6, 6.07) is -0.0162. The van der Waals surface area contributed by atoms with Crippen LogP contribution in [0.15, 0.2) is 12.4 Å². The number of carbonyl (C=O) groups excluding carboxylic acids is 1. The van der Waals surface area contributed by atoms with Crippen LogP contribution in [-0.2, 0) is 11.2 Å². The predicted octanol–water partition coefficient (Wildman–Crippen LogP) is 2.11. The van der Waals surface area contributed by atoms with Crippen LogP contribution in [0.25, 0.3) is 0 Å². The van der Waals surface area contributed by atoms with Gasteiger partial charge in [0.1, 0.15) is 5.82 Å². The quantitative estimate of drug-likeness (QED) is 0.856. The molecule has 1 saturated heterocycles. The minimum atomic E-state index is -0.357. The molecule has 0 aliphatic carbocycles. The molecule has 1 aromatic heterocycles. The van der Waals surface area contributed by atoms with Gasteiger partial charge in [-0.05, 0) is 31.3 Å². The molecular formula is C15H27ClN4OS. The summed E-state index contributed by atoms with van der Waals surface area (Å²) in [6.45, 7) is 3.70. The lowest BCUT2D eigenvalue weighted by atomic mass is 10.0. The number of amides is 1. The average Bonchev–Trinajstić information content (AvgIpc) is 3.00. The first kappa shape index (κ1) is 19.3. The van der Waals surface area contributed by atoms with Crippen molar-refractivity contribution >= 4 is 30.1 Å². The molecule has 0 bridgehead atoms. The van der Waals surface area contributed by atoms with E-state index in [2.05, 4.69) is 16.5 Å². The molecule has 1 aliphatic heterocycles. The van der Waals surface area contributed by atoms with Crippen LogP contribution < -0.4 is 5.73 Å². The Bertz CT molecular complexity index is 468. The highest BCUT2D eigenvalue weighted by atomic mass is 35.5. The maximum atomic E-state index is 12.4. The van der Waals surface area contributed by atoms with Crippen molar-refractivity contribution in [3.63, 3.8) is 0 Å². The van der Waals surface area contributed by atoms with E-state index in [1.54, 1.807) is 11.8 Å². The molecule has 1 fully saturated rings. The lowest BCUT2D eigenvalue weighted by Crippen LogP contribution is -2.48. The van der Waals surface area contributed by atoms with E-state index >= 15 is 0 Å². The standard InChI is InChI=1S/C15H26N4OS.ClH/c1-3-14-17-7-9-19(14)12-5-4-8-18(11-12)15(20)13(16)6-10-21-2;/h7,9,12-13H,3-6,8,10-11,16H2,1-2H3;1H/t12?,13-;/m0./s1. The molecule has 2 atom stereocenters. The number of aromatic nitrogens is 2. The Morgan fingerprint density at radius 3 is 3.05 bits per heavy atom. The van der Waals surface area contributed by atoms with Gasteiger partial charge >= 0.3 is 0 Å². The molecule has 1 amide bonds. The number of rotatable bonds is 6. The van der Waals surface area contributed by atoms with E-state index in [4.69, 9.17) is 5.73 Å². The molecular weight excluding hydrogens is 320 g/mol. The van der Waals surface area contributed by atoms with Crippen LogP contribution in [0.5, 0.6) is 0 Å². The van der Waals surface area contributed by atoms with Gasteiger partial charge in [-0.25, -0.2) is 4.98 Å². The van der Waals surface area contributed by atoms with Crippen LogP contribution in [0.4, 0.5) is 0 Å². The molecule has 2 N–H and O–H groups in total. The van der Waals surface area contributed by atoms with Gasteiger partial charge in [-0.1, -0.05) is 6.92 Å². The van der Waals surface area contributed by atoms with E-state index in [1.165, 1.54) is 0 Å².